The molecule has 1 aliphatic rings. The van der Waals surface area contributed by atoms with Crippen molar-refractivity contribution in [3.05, 3.63) is 10.2 Å². The molecule has 0 amide bonds. The third-order valence-electron chi connectivity index (χ3n) is 3.32. The van der Waals surface area contributed by atoms with Gasteiger partial charge in [0.05, 0.1) is 0 Å². The smallest absolute Gasteiger partial charge is 0.327 e. The highest BCUT2D eigenvalue weighted by Crippen LogP contribution is 2.29. The zero-order valence-corrected chi connectivity index (χ0v) is 15.7. The van der Waals surface area contributed by atoms with Crippen molar-refractivity contribution in [3.63, 3.8) is 0 Å². The zero-order chi connectivity index (χ0) is 21.3. The summed E-state index contributed by atoms with van der Waals surface area (Å²) in [6.45, 7) is 3.65. The fourth-order valence-corrected chi connectivity index (χ4v) is 2.47. The van der Waals surface area contributed by atoms with Gasteiger partial charge in [0.25, 0.3) is 0 Å². The van der Waals surface area contributed by atoms with Crippen molar-refractivity contribution in [2.45, 2.75) is 58.4 Å². The first-order valence-corrected chi connectivity index (χ1v) is 8.13. The van der Waals surface area contributed by atoms with Crippen LogP contribution in [0, 0.1) is 11.3 Å². The summed E-state index contributed by atoms with van der Waals surface area (Å²) in [7, 11) is 0. The number of ether oxygens (including phenoxy) is 6. The molecule has 0 radical (unpaired) electrons. The minimum Gasteiger partial charge on any atom is -0.498 e. The van der Waals surface area contributed by atoms with Crippen LogP contribution in [0.3, 0.4) is 0 Å². The molecule has 1 saturated heterocycles. The Morgan fingerprint density at radius 2 is 1.43 bits per heavy atom. The maximum absolute atomic E-state index is 11.6. The normalized spacial score (nSPS) is 26.2. The summed E-state index contributed by atoms with van der Waals surface area (Å²) >= 11 is 0. The van der Waals surface area contributed by atoms with E-state index in [1.807, 2.05) is 6.07 Å². The standard InChI is InChI=1S/C16H21NO11/c1-8(18)24-7-12-13(25-9(2)19)14(26-10(3)20)15(27-11(4)21)16(28-12)23-6-5-17-22/h12-16H,6-7H2,1-4H3/t12-,13-,14+,15-,16+/m1/s1. The summed E-state index contributed by atoms with van der Waals surface area (Å²) in [5, 5.41) is 12.6. The Morgan fingerprint density at radius 1 is 0.893 bits per heavy atom. The second-order valence-corrected chi connectivity index (χ2v) is 5.63. The van der Waals surface area contributed by atoms with Crippen molar-refractivity contribution in [2.75, 3.05) is 13.2 Å². The molecule has 0 N–H and O–H groups in total. The van der Waals surface area contributed by atoms with Gasteiger partial charge in [0, 0.05) is 32.7 Å². The average molecular weight is 403 g/mol. The Hall–Kier alpha value is -2.91. The highest BCUT2D eigenvalue weighted by molar-refractivity contribution is 5.68. The lowest BCUT2D eigenvalue weighted by molar-refractivity contribution is -0.305. The van der Waals surface area contributed by atoms with E-state index in [0.29, 0.717) is 0 Å². The molecule has 5 atom stereocenters. The molecule has 156 valence electrons. The quantitative estimate of drug-likeness (QED) is 0.319. The Labute approximate surface area is 160 Å². The van der Waals surface area contributed by atoms with Gasteiger partial charge in [-0.1, -0.05) is 0 Å². The van der Waals surface area contributed by atoms with Crippen LogP contribution in [-0.2, 0) is 47.6 Å². The van der Waals surface area contributed by atoms with E-state index in [9.17, 15) is 24.4 Å². The molecular formula is C16H21NO11. The zero-order valence-electron chi connectivity index (χ0n) is 15.7. The first kappa shape index (κ1) is 23.1. The monoisotopic (exact) mass is 403 g/mol. The third-order valence-corrected chi connectivity index (χ3v) is 3.32. The Bertz CT molecular complexity index is 653. The predicted octanol–water partition coefficient (Wildman–Crippen LogP) is -0.0832. The van der Waals surface area contributed by atoms with E-state index in [2.05, 4.69) is 5.01 Å². The van der Waals surface area contributed by atoms with Gasteiger partial charge >= 0.3 is 29.9 Å². The van der Waals surface area contributed by atoms with Gasteiger partial charge in [0.2, 0.25) is 6.29 Å². The molecule has 1 heterocycles. The number of carbonyl (C=O) groups is 4. The van der Waals surface area contributed by atoms with Crippen LogP contribution in [0.25, 0.3) is 5.01 Å². The Kier molecular flexibility index (Phi) is 9.13. The van der Waals surface area contributed by atoms with Crippen LogP contribution in [0.1, 0.15) is 27.7 Å². The molecule has 0 saturated carbocycles. The van der Waals surface area contributed by atoms with Crippen LogP contribution in [0.15, 0.2) is 0 Å². The molecule has 12 heteroatoms. The maximum atomic E-state index is 11.6. The minimum atomic E-state index is -1.37. The fourth-order valence-electron chi connectivity index (χ4n) is 2.47. The summed E-state index contributed by atoms with van der Waals surface area (Å²) in [5.74, 6) is -2.91. The lowest BCUT2D eigenvalue weighted by Gasteiger charge is -2.43. The van der Waals surface area contributed by atoms with E-state index in [-0.39, 0.29) is 6.61 Å². The molecule has 0 spiro atoms. The summed E-state index contributed by atoms with van der Waals surface area (Å²) < 4.78 is 31.2. The van der Waals surface area contributed by atoms with Gasteiger partial charge in [0.15, 0.2) is 24.9 Å². The van der Waals surface area contributed by atoms with Crippen molar-refractivity contribution in [1.29, 1.82) is 0 Å². The van der Waals surface area contributed by atoms with Crippen LogP contribution >= 0.6 is 0 Å². The molecule has 1 rings (SSSR count). The van der Waals surface area contributed by atoms with E-state index < -0.39 is 61.2 Å². The van der Waals surface area contributed by atoms with Crippen LogP contribution in [0.5, 0.6) is 0 Å². The summed E-state index contributed by atoms with van der Waals surface area (Å²) in [5.41, 5.74) is 0. The fraction of sp³-hybridized carbons (Fsp3) is 0.688. The van der Waals surface area contributed by atoms with Crippen molar-refractivity contribution in [2.24, 2.45) is 0 Å². The van der Waals surface area contributed by atoms with E-state index in [4.69, 9.17) is 28.4 Å². The molecule has 0 unspecified atom stereocenters. The van der Waals surface area contributed by atoms with E-state index in [1.165, 1.54) is 0 Å². The van der Waals surface area contributed by atoms with Gasteiger partial charge < -0.3 is 33.6 Å². The largest absolute Gasteiger partial charge is 0.498 e. The van der Waals surface area contributed by atoms with Crippen LogP contribution in [0.2, 0.25) is 0 Å². The SMILES string of the molecule is CC(=O)OC[C@H]1O[C@H](OCC#[N+][O-])[C@H](OC(C)=O)[C@@H](OC(C)=O)[C@@H]1OC(C)=O. The summed E-state index contributed by atoms with van der Waals surface area (Å²) in [4.78, 5) is 45.8. The molecule has 12 nitrogen and oxygen atoms in total. The van der Waals surface area contributed by atoms with E-state index in [0.717, 1.165) is 27.7 Å². The summed E-state index contributed by atoms with van der Waals surface area (Å²) in [6, 6.07) is 1.98. The van der Waals surface area contributed by atoms with Gasteiger partial charge in [0.1, 0.15) is 12.7 Å². The Morgan fingerprint density at radius 3 is 1.93 bits per heavy atom. The number of carbonyl (C=O) groups excluding carboxylic acids is 4. The third kappa shape index (κ3) is 7.37. The molecule has 28 heavy (non-hydrogen) atoms. The first-order chi connectivity index (χ1) is 13.1. The molecule has 0 aromatic rings. The predicted molar refractivity (Wildman–Crippen MR) is 88.5 cm³/mol. The van der Waals surface area contributed by atoms with Crippen LogP contribution in [-0.4, -0.2) is 67.8 Å². The van der Waals surface area contributed by atoms with Crippen molar-refractivity contribution >= 4 is 23.9 Å². The molecule has 1 aliphatic heterocycles. The lowest BCUT2D eigenvalue weighted by Crippen LogP contribution is -2.62. The topological polar surface area (TPSA) is 151 Å². The molecule has 0 aromatic carbocycles. The van der Waals surface area contributed by atoms with Crippen molar-refractivity contribution < 1.29 is 47.6 Å². The number of hydrogen-bond acceptors (Lipinski definition) is 11. The lowest BCUT2D eigenvalue weighted by atomic mass is 9.98. The van der Waals surface area contributed by atoms with Crippen molar-refractivity contribution in [3.8, 4) is 6.07 Å². The van der Waals surface area contributed by atoms with Gasteiger partial charge in [-0.05, 0) is 0 Å². The first-order valence-electron chi connectivity index (χ1n) is 8.13. The highest BCUT2D eigenvalue weighted by atomic mass is 16.7. The maximum Gasteiger partial charge on any atom is 0.327 e. The second-order valence-electron chi connectivity index (χ2n) is 5.63. The number of hydrogen-bond donors (Lipinski definition) is 0. The van der Waals surface area contributed by atoms with E-state index in [1.54, 1.807) is 0 Å². The second kappa shape index (κ2) is 11.1. The van der Waals surface area contributed by atoms with Crippen LogP contribution in [0.4, 0.5) is 0 Å². The molecule has 0 bridgehead atoms. The van der Waals surface area contributed by atoms with Crippen LogP contribution < -0.4 is 0 Å². The van der Waals surface area contributed by atoms with Gasteiger partial charge in [-0.3, -0.25) is 19.2 Å². The number of esters is 4. The van der Waals surface area contributed by atoms with E-state index >= 15 is 0 Å². The van der Waals surface area contributed by atoms with Gasteiger partial charge in [-0.25, -0.2) is 0 Å². The molecule has 0 aromatic heterocycles. The number of nitrogens with zero attached hydrogens (tertiary/aromatic N) is 1. The Balaban J connectivity index is 3.25. The minimum absolute atomic E-state index is 0.378. The molecule has 1 fully saturated rings. The number of rotatable bonds is 7. The van der Waals surface area contributed by atoms with Gasteiger partial charge in [-0.2, -0.15) is 0 Å². The van der Waals surface area contributed by atoms with Gasteiger partial charge in [-0.15, -0.1) is 0 Å². The van der Waals surface area contributed by atoms with Crippen molar-refractivity contribution in [1.82, 2.24) is 0 Å². The molecule has 0 aliphatic carbocycles. The highest BCUT2D eigenvalue weighted by Gasteiger charge is 2.52. The average Bonchev–Trinajstić information content (AvgIpc) is 2.57. The molecular weight excluding hydrogens is 382 g/mol. The summed E-state index contributed by atoms with van der Waals surface area (Å²) in [6.07, 6.45) is -6.46.